The van der Waals surface area contributed by atoms with Crippen molar-refractivity contribution in [2.24, 2.45) is 0 Å². The van der Waals surface area contributed by atoms with Crippen molar-refractivity contribution in [1.82, 2.24) is 0 Å². The summed E-state index contributed by atoms with van der Waals surface area (Å²) in [7, 11) is -2.70. The van der Waals surface area contributed by atoms with Crippen molar-refractivity contribution in [3.8, 4) is 0 Å². The van der Waals surface area contributed by atoms with E-state index in [-0.39, 0.29) is 4.32 Å². The maximum absolute atomic E-state index is 10.8. The van der Waals surface area contributed by atoms with Gasteiger partial charge in [0.25, 0.3) is 0 Å². The summed E-state index contributed by atoms with van der Waals surface area (Å²) in [5.74, 6) is 0.634. The van der Waals surface area contributed by atoms with Crippen LogP contribution in [0.25, 0.3) is 0 Å². The minimum atomic E-state index is -2.70. The van der Waals surface area contributed by atoms with Crippen molar-refractivity contribution in [3.63, 3.8) is 0 Å². The predicted octanol–water partition coefficient (Wildman–Crippen LogP) is 0.959. The second kappa shape index (κ2) is 1.95. The Bertz CT molecular complexity index is 205. The van der Waals surface area contributed by atoms with E-state index >= 15 is 0 Å². The van der Waals surface area contributed by atoms with Crippen LogP contribution in [0.4, 0.5) is 0 Å². The van der Waals surface area contributed by atoms with Crippen LogP contribution in [0.15, 0.2) is 0 Å². The minimum absolute atomic E-state index is 0.147. The molecular weight excluding hydrogens is 204 g/mol. The van der Waals surface area contributed by atoms with Gasteiger partial charge in [0.15, 0.2) is 9.84 Å². The van der Waals surface area contributed by atoms with Crippen molar-refractivity contribution in [2.45, 2.75) is 17.7 Å². The molecule has 0 spiro atoms. The van der Waals surface area contributed by atoms with Gasteiger partial charge in [0.1, 0.15) is 0 Å². The van der Waals surface area contributed by atoms with Crippen LogP contribution in [0.5, 0.6) is 0 Å². The highest BCUT2D eigenvalue weighted by molar-refractivity contribution is 9.10. The van der Waals surface area contributed by atoms with Gasteiger partial charge in [0.2, 0.25) is 0 Å². The van der Waals surface area contributed by atoms with E-state index in [4.69, 9.17) is 0 Å². The number of alkyl halides is 1. The molecule has 0 saturated carbocycles. The molecule has 1 rings (SSSR count). The van der Waals surface area contributed by atoms with E-state index in [2.05, 4.69) is 15.9 Å². The van der Waals surface area contributed by atoms with Crippen LogP contribution in [-0.4, -0.2) is 24.2 Å². The van der Waals surface area contributed by atoms with Crippen molar-refractivity contribution < 1.29 is 8.42 Å². The summed E-state index contributed by atoms with van der Waals surface area (Å²) in [6.45, 7) is 1.91. The third-order valence-electron chi connectivity index (χ3n) is 1.46. The third-order valence-corrected chi connectivity index (χ3v) is 4.41. The minimum Gasteiger partial charge on any atom is -0.229 e. The molecule has 1 heterocycles. The average molecular weight is 213 g/mol. The van der Waals surface area contributed by atoms with Gasteiger partial charge in [-0.05, 0) is 13.3 Å². The largest absolute Gasteiger partial charge is 0.229 e. The zero-order chi connectivity index (χ0) is 7.12. The average Bonchev–Trinajstić information content (AvgIpc) is 1.78. The molecule has 0 aromatic rings. The smallest absolute Gasteiger partial charge is 0.151 e. The summed E-state index contributed by atoms with van der Waals surface area (Å²) in [6.07, 6.45) is 0.745. The second-order valence-corrected chi connectivity index (χ2v) is 6.85. The van der Waals surface area contributed by atoms with Gasteiger partial charge in [-0.2, -0.15) is 0 Å². The first kappa shape index (κ1) is 7.54. The highest BCUT2D eigenvalue weighted by atomic mass is 79.9. The Hall–Kier alpha value is 0.430. The van der Waals surface area contributed by atoms with Crippen LogP contribution >= 0.6 is 15.9 Å². The molecule has 1 fully saturated rings. The van der Waals surface area contributed by atoms with Crippen LogP contribution in [0.1, 0.15) is 13.3 Å². The number of rotatable bonds is 0. The van der Waals surface area contributed by atoms with Gasteiger partial charge in [-0.25, -0.2) is 8.42 Å². The summed E-state index contributed by atoms with van der Waals surface area (Å²) < 4.78 is 21.5. The highest BCUT2D eigenvalue weighted by Gasteiger charge is 2.35. The first-order chi connectivity index (χ1) is 3.91. The number of hydrogen-bond donors (Lipinski definition) is 0. The molecule has 4 heteroatoms. The lowest BCUT2D eigenvalue weighted by atomic mass is 10.2. The molecule has 1 atom stereocenters. The monoisotopic (exact) mass is 212 g/mol. The molecule has 0 radical (unpaired) electrons. The molecule has 0 amide bonds. The zero-order valence-corrected chi connectivity index (χ0v) is 7.63. The molecule has 0 aromatic heterocycles. The van der Waals surface area contributed by atoms with Gasteiger partial charge in [-0.15, -0.1) is 0 Å². The molecule has 1 unspecified atom stereocenters. The summed E-state index contributed by atoms with van der Waals surface area (Å²) in [5.41, 5.74) is 0. The predicted molar refractivity (Wildman–Crippen MR) is 40.6 cm³/mol. The fourth-order valence-electron chi connectivity index (χ4n) is 0.971. The highest BCUT2D eigenvalue weighted by Crippen LogP contribution is 2.30. The van der Waals surface area contributed by atoms with Gasteiger partial charge >= 0.3 is 0 Å². The second-order valence-electron chi connectivity index (χ2n) is 2.76. The lowest BCUT2D eigenvalue weighted by Crippen LogP contribution is -2.16. The summed E-state index contributed by atoms with van der Waals surface area (Å²) in [6, 6.07) is 0. The molecule has 54 valence electrons. The van der Waals surface area contributed by atoms with Crippen LogP contribution in [0.2, 0.25) is 0 Å². The Morgan fingerprint density at radius 2 is 2.11 bits per heavy atom. The molecule has 2 nitrogen and oxygen atoms in total. The SMILES string of the molecule is CC1(Br)CCS(=O)(=O)C1. The van der Waals surface area contributed by atoms with Gasteiger partial charge in [0, 0.05) is 4.32 Å². The lowest BCUT2D eigenvalue weighted by molar-refractivity contribution is 0.601. The van der Waals surface area contributed by atoms with Gasteiger partial charge < -0.3 is 0 Å². The van der Waals surface area contributed by atoms with E-state index in [9.17, 15) is 8.42 Å². The van der Waals surface area contributed by atoms with Crippen molar-refractivity contribution in [2.75, 3.05) is 11.5 Å². The standard InChI is InChI=1S/C5H9BrO2S/c1-5(6)2-3-9(7,8)4-5/h2-4H2,1H3. The summed E-state index contributed by atoms with van der Waals surface area (Å²) >= 11 is 3.34. The first-order valence-electron chi connectivity index (χ1n) is 2.81. The van der Waals surface area contributed by atoms with E-state index in [1.807, 2.05) is 6.92 Å². The zero-order valence-electron chi connectivity index (χ0n) is 5.22. The molecular formula is C5H9BrO2S. The molecule has 9 heavy (non-hydrogen) atoms. The fraction of sp³-hybridized carbons (Fsp3) is 1.00. The van der Waals surface area contributed by atoms with E-state index in [0.29, 0.717) is 11.5 Å². The van der Waals surface area contributed by atoms with Crippen LogP contribution in [-0.2, 0) is 9.84 Å². The Morgan fingerprint density at radius 3 is 2.22 bits per heavy atom. The van der Waals surface area contributed by atoms with Gasteiger partial charge in [-0.1, -0.05) is 15.9 Å². The number of hydrogen-bond acceptors (Lipinski definition) is 2. The Kier molecular flexibility index (Phi) is 1.64. The van der Waals surface area contributed by atoms with Crippen molar-refractivity contribution in [3.05, 3.63) is 0 Å². The van der Waals surface area contributed by atoms with Crippen LogP contribution < -0.4 is 0 Å². The lowest BCUT2D eigenvalue weighted by Gasteiger charge is -2.09. The van der Waals surface area contributed by atoms with Crippen LogP contribution in [0, 0.1) is 0 Å². The summed E-state index contributed by atoms with van der Waals surface area (Å²) in [4.78, 5) is 0. The van der Waals surface area contributed by atoms with Gasteiger partial charge in [0.05, 0.1) is 11.5 Å². The number of halogens is 1. The first-order valence-corrected chi connectivity index (χ1v) is 5.42. The van der Waals surface area contributed by atoms with E-state index in [0.717, 1.165) is 6.42 Å². The van der Waals surface area contributed by atoms with E-state index < -0.39 is 9.84 Å². The van der Waals surface area contributed by atoms with Crippen molar-refractivity contribution >= 4 is 25.8 Å². The Balaban J connectivity index is 2.81. The normalized spacial score (nSPS) is 41.1. The van der Waals surface area contributed by atoms with E-state index in [1.54, 1.807) is 0 Å². The molecule has 0 N–H and O–H groups in total. The maximum atomic E-state index is 10.8. The van der Waals surface area contributed by atoms with Crippen molar-refractivity contribution in [1.29, 1.82) is 0 Å². The third kappa shape index (κ3) is 1.93. The molecule has 1 aliphatic heterocycles. The molecule has 0 aliphatic carbocycles. The van der Waals surface area contributed by atoms with Gasteiger partial charge in [-0.3, -0.25) is 0 Å². The fourth-order valence-corrected chi connectivity index (χ4v) is 4.45. The molecule has 1 saturated heterocycles. The Labute approximate surface area is 63.7 Å². The molecule has 0 aromatic carbocycles. The topological polar surface area (TPSA) is 34.1 Å². The number of sulfone groups is 1. The maximum Gasteiger partial charge on any atom is 0.151 e. The molecule has 0 bridgehead atoms. The Morgan fingerprint density at radius 1 is 1.56 bits per heavy atom. The quantitative estimate of drug-likeness (QED) is 0.561. The van der Waals surface area contributed by atoms with E-state index in [1.165, 1.54) is 0 Å². The molecule has 1 aliphatic rings. The van der Waals surface area contributed by atoms with Crippen LogP contribution in [0.3, 0.4) is 0 Å². The summed E-state index contributed by atoms with van der Waals surface area (Å²) in [5, 5.41) is 0.